The molecule has 11 heteroatoms. The molecule has 0 spiro atoms. The van der Waals surface area contributed by atoms with Crippen molar-refractivity contribution in [3.05, 3.63) is 83.7 Å². The van der Waals surface area contributed by atoms with Crippen molar-refractivity contribution < 1.29 is 31.9 Å². The van der Waals surface area contributed by atoms with Gasteiger partial charge in [-0.1, -0.05) is 43.7 Å². The van der Waals surface area contributed by atoms with Crippen molar-refractivity contribution in [1.29, 1.82) is 0 Å². The van der Waals surface area contributed by atoms with Gasteiger partial charge < -0.3 is 19.7 Å². The van der Waals surface area contributed by atoms with E-state index in [1.54, 1.807) is 31.2 Å². The first kappa shape index (κ1) is 33.4. The van der Waals surface area contributed by atoms with E-state index >= 15 is 0 Å². The number of carbonyl (C=O) groups is 2. The summed E-state index contributed by atoms with van der Waals surface area (Å²) in [7, 11) is -1.46. The molecule has 0 aliphatic rings. The number of anilines is 1. The molecule has 3 aromatic carbocycles. The Hall–Kier alpha value is -4.12. The predicted molar refractivity (Wildman–Crippen MR) is 164 cm³/mol. The summed E-state index contributed by atoms with van der Waals surface area (Å²) in [4.78, 5) is 28.8. The Morgan fingerprint density at radius 1 is 0.907 bits per heavy atom. The van der Waals surface area contributed by atoms with Crippen LogP contribution < -0.4 is 19.1 Å². The van der Waals surface area contributed by atoms with E-state index in [1.165, 1.54) is 61.6 Å². The second-order valence-corrected chi connectivity index (χ2v) is 12.1. The lowest BCUT2D eigenvalue weighted by molar-refractivity contribution is -0.140. The highest BCUT2D eigenvalue weighted by atomic mass is 32.2. The summed E-state index contributed by atoms with van der Waals surface area (Å²) < 4.78 is 53.5. The molecule has 0 aliphatic heterocycles. The molecule has 0 radical (unpaired) electrons. The first-order valence-electron chi connectivity index (χ1n) is 14.1. The lowest BCUT2D eigenvalue weighted by Crippen LogP contribution is -2.53. The minimum atomic E-state index is -4.31. The fraction of sp³-hybridized carbons (Fsp3) is 0.375. The Morgan fingerprint density at radius 2 is 1.53 bits per heavy atom. The maximum Gasteiger partial charge on any atom is 0.264 e. The number of aryl methyl sites for hydroxylation is 1. The third-order valence-corrected chi connectivity index (χ3v) is 8.97. The molecule has 2 unspecified atom stereocenters. The maximum atomic E-state index is 14.1. The van der Waals surface area contributed by atoms with E-state index in [1.807, 2.05) is 20.8 Å². The van der Waals surface area contributed by atoms with Gasteiger partial charge in [0.15, 0.2) is 11.5 Å². The average molecular weight is 614 g/mol. The smallest absolute Gasteiger partial charge is 0.264 e. The standard InChI is InChI=1S/C32H40FN3O6S/c1-7-23(4)34-32(38)28(8-2)35(20-24-11-13-25(33)14-12-24)31(37)21-36(26-15-9-22(3)10-16-26)43(39,40)27-17-18-29(41-5)30(19-27)42-6/h9-19,23,28H,7-8,20-21H2,1-6H3,(H,34,38). The number of amides is 2. The average Bonchev–Trinajstić information content (AvgIpc) is 3.00. The maximum absolute atomic E-state index is 14.1. The quantitative estimate of drug-likeness (QED) is 0.272. The van der Waals surface area contributed by atoms with Crippen molar-refractivity contribution >= 4 is 27.5 Å². The third-order valence-electron chi connectivity index (χ3n) is 7.20. The zero-order chi connectivity index (χ0) is 31.7. The van der Waals surface area contributed by atoms with Gasteiger partial charge in [-0.05, 0) is 68.7 Å². The molecule has 3 rings (SSSR count). The second-order valence-electron chi connectivity index (χ2n) is 10.3. The van der Waals surface area contributed by atoms with Crippen molar-refractivity contribution in [1.82, 2.24) is 10.2 Å². The highest BCUT2D eigenvalue weighted by molar-refractivity contribution is 7.92. The summed E-state index contributed by atoms with van der Waals surface area (Å²) in [5, 5.41) is 2.93. The first-order chi connectivity index (χ1) is 20.4. The number of nitrogens with zero attached hydrogens (tertiary/aromatic N) is 2. The molecule has 9 nitrogen and oxygen atoms in total. The molecule has 1 N–H and O–H groups in total. The first-order valence-corrected chi connectivity index (χ1v) is 15.5. The largest absolute Gasteiger partial charge is 0.493 e. The summed E-state index contributed by atoms with van der Waals surface area (Å²) in [5.41, 5.74) is 1.77. The van der Waals surface area contributed by atoms with Crippen LogP contribution in [0.3, 0.4) is 0 Å². The number of ether oxygens (including phenoxy) is 2. The van der Waals surface area contributed by atoms with Gasteiger partial charge in [-0.3, -0.25) is 13.9 Å². The number of hydrogen-bond donors (Lipinski definition) is 1. The van der Waals surface area contributed by atoms with Gasteiger partial charge in [-0.25, -0.2) is 12.8 Å². The second kappa shape index (κ2) is 14.9. The van der Waals surface area contributed by atoms with Crippen LogP contribution in [0.4, 0.5) is 10.1 Å². The Labute approximate surface area is 253 Å². The van der Waals surface area contributed by atoms with Crippen LogP contribution in [0, 0.1) is 12.7 Å². The van der Waals surface area contributed by atoms with E-state index in [0.29, 0.717) is 17.7 Å². The number of benzene rings is 3. The van der Waals surface area contributed by atoms with E-state index in [4.69, 9.17) is 9.47 Å². The van der Waals surface area contributed by atoms with E-state index in [9.17, 15) is 22.4 Å². The zero-order valence-electron chi connectivity index (χ0n) is 25.5. The van der Waals surface area contributed by atoms with Gasteiger partial charge in [-0.15, -0.1) is 0 Å². The fourth-order valence-corrected chi connectivity index (χ4v) is 5.92. The van der Waals surface area contributed by atoms with Gasteiger partial charge in [0.25, 0.3) is 10.0 Å². The Morgan fingerprint density at radius 3 is 2.09 bits per heavy atom. The summed E-state index contributed by atoms with van der Waals surface area (Å²) >= 11 is 0. The number of hydrogen-bond acceptors (Lipinski definition) is 6. The molecule has 0 fully saturated rings. The van der Waals surface area contributed by atoms with Crippen LogP contribution in [0.1, 0.15) is 44.7 Å². The van der Waals surface area contributed by atoms with Crippen molar-refractivity contribution in [3.63, 3.8) is 0 Å². The topological polar surface area (TPSA) is 105 Å². The fourth-order valence-electron chi connectivity index (χ4n) is 4.49. The minimum Gasteiger partial charge on any atom is -0.493 e. The van der Waals surface area contributed by atoms with Crippen molar-refractivity contribution in [2.45, 2.75) is 64.1 Å². The molecule has 3 aromatic rings. The van der Waals surface area contributed by atoms with Crippen molar-refractivity contribution in [2.24, 2.45) is 0 Å². The number of methoxy groups -OCH3 is 2. The zero-order valence-corrected chi connectivity index (χ0v) is 26.3. The van der Waals surface area contributed by atoms with Gasteiger partial charge in [0.05, 0.1) is 24.8 Å². The van der Waals surface area contributed by atoms with Crippen LogP contribution in [0.25, 0.3) is 0 Å². The molecule has 0 bridgehead atoms. The third kappa shape index (κ3) is 8.25. The Balaban J connectivity index is 2.09. The van der Waals surface area contributed by atoms with E-state index in [0.717, 1.165) is 9.87 Å². The predicted octanol–water partition coefficient (Wildman–Crippen LogP) is 5.07. The lowest BCUT2D eigenvalue weighted by Gasteiger charge is -2.33. The van der Waals surface area contributed by atoms with Gasteiger partial charge in [0.1, 0.15) is 18.4 Å². The number of rotatable bonds is 14. The van der Waals surface area contributed by atoms with Crippen LogP contribution >= 0.6 is 0 Å². The minimum absolute atomic E-state index is 0.0241. The molecule has 0 saturated heterocycles. The lowest BCUT2D eigenvalue weighted by atomic mass is 10.1. The van der Waals surface area contributed by atoms with Gasteiger partial charge >= 0.3 is 0 Å². The number of nitrogens with one attached hydrogen (secondary N) is 1. The summed E-state index contributed by atoms with van der Waals surface area (Å²) in [6.07, 6.45) is 0.973. The van der Waals surface area contributed by atoms with Gasteiger partial charge in [0, 0.05) is 18.7 Å². The number of carbonyl (C=O) groups excluding carboxylic acids is 2. The molecule has 0 aromatic heterocycles. The molecule has 0 aliphatic carbocycles. The van der Waals surface area contributed by atoms with Crippen LogP contribution in [-0.2, 0) is 26.2 Å². The summed E-state index contributed by atoms with van der Waals surface area (Å²) in [6.45, 7) is 6.84. The molecular weight excluding hydrogens is 573 g/mol. The molecular formula is C32H40FN3O6S. The van der Waals surface area contributed by atoms with Crippen LogP contribution in [0.5, 0.6) is 11.5 Å². The highest BCUT2D eigenvalue weighted by Gasteiger charge is 2.34. The summed E-state index contributed by atoms with van der Waals surface area (Å²) in [6, 6.07) is 15.6. The van der Waals surface area contributed by atoms with E-state index in [-0.39, 0.29) is 41.2 Å². The number of halogens is 1. The van der Waals surface area contributed by atoms with Crippen LogP contribution in [0.15, 0.2) is 71.6 Å². The van der Waals surface area contributed by atoms with Crippen molar-refractivity contribution in [2.75, 3.05) is 25.1 Å². The summed E-state index contributed by atoms with van der Waals surface area (Å²) in [5.74, 6) is -0.820. The Bertz CT molecular complexity index is 1500. The molecule has 0 heterocycles. The SMILES string of the molecule is CCC(C)NC(=O)C(CC)N(Cc1ccc(F)cc1)C(=O)CN(c1ccc(C)cc1)S(=O)(=O)c1ccc(OC)c(OC)c1. The van der Waals surface area contributed by atoms with Crippen molar-refractivity contribution in [3.8, 4) is 11.5 Å². The van der Waals surface area contributed by atoms with Gasteiger partial charge in [-0.2, -0.15) is 0 Å². The normalized spacial score (nSPS) is 12.6. The van der Waals surface area contributed by atoms with E-state index < -0.39 is 34.3 Å². The molecule has 2 atom stereocenters. The highest BCUT2D eigenvalue weighted by Crippen LogP contribution is 2.32. The van der Waals surface area contributed by atoms with Crippen LogP contribution in [0.2, 0.25) is 0 Å². The number of sulfonamides is 1. The van der Waals surface area contributed by atoms with Crippen LogP contribution in [-0.4, -0.2) is 58.0 Å². The van der Waals surface area contributed by atoms with Gasteiger partial charge in [0.2, 0.25) is 11.8 Å². The Kier molecular flexibility index (Phi) is 11.5. The monoisotopic (exact) mass is 613 g/mol. The molecule has 2 amide bonds. The molecule has 43 heavy (non-hydrogen) atoms. The molecule has 0 saturated carbocycles. The van der Waals surface area contributed by atoms with E-state index in [2.05, 4.69) is 5.32 Å². The molecule has 232 valence electrons.